The normalized spacial score (nSPS) is 26.5. The Kier molecular flexibility index (Phi) is 4.26. The summed E-state index contributed by atoms with van der Waals surface area (Å²) >= 11 is 5.88. The highest BCUT2D eigenvalue weighted by atomic mass is 35.5. The van der Waals surface area contributed by atoms with Crippen LogP contribution in [0, 0.1) is 5.92 Å². The molecule has 2 heteroatoms. The van der Waals surface area contributed by atoms with Gasteiger partial charge in [-0.15, -0.1) is 18.2 Å². The molecule has 0 fully saturated rings. The van der Waals surface area contributed by atoms with E-state index in [1.54, 1.807) is 6.08 Å². The predicted molar refractivity (Wildman–Crippen MR) is 56.8 cm³/mol. The van der Waals surface area contributed by atoms with Crippen LogP contribution in [0.25, 0.3) is 0 Å². The fraction of sp³-hybridized carbons (Fsp3) is 0.455. The molecule has 0 aromatic carbocycles. The molecule has 0 aliphatic heterocycles. The van der Waals surface area contributed by atoms with E-state index >= 15 is 0 Å². The first-order valence-electron chi connectivity index (χ1n) is 4.52. The van der Waals surface area contributed by atoms with E-state index in [0.29, 0.717) is 0 Å². The molecule has 72 valence electrons. The Balaban J connectivity index is 2.58. The topological polar surface area (TPSA) is 20.2 Å². The van der Waals surface area contributed by atoms with Gasteiger partial charge in [-0.05, 0) is 12.8 Å². The summed E-state index contributed by atoms with van der Waals surface area (Å²) in [5.74, 6) is 0.124. The van der Waals surface area contributed by atoms with Crippen LogP contribution in [0.2, 0.25) is 0 Å². The zero-order valence-electron chi connectivity index (χ0n) is 7.57. The van der Waals surface area contributed by atoms with E-state index in [-0.39, 0.29) is 11.3 Å². The lowest BCUT2D eigenvalue weighted by Crippen LogP contribution is -2.26. The molecule has 1 rings (SSSR count). The van der Waals surface area contributed by atoms with Gasteiger partial charge >= 0.3 is 0 Å². The summed E-state index contributed by atoms with van der Waals surface area (Å²) in [5.41, 5.74) is 0. The predicted octanol–water partition coefficient (Wildman–Crippen LogP) is 2.66. The highest BCUT2D eigenvalue weighted by molar-refractivity contribution is 6.22. The molecule has 13 heavy (non-hydrogen) atoms. The van der Waals surface area contributed by atoms with Crippen LogP contribution in [0.1, 0.15) is 12.8 Å². The van der Waals surface area contributed by atoms with Crippen molar-refractivity contribution in [3.63, 3.8) is 0 Å². The second kappa shape index (κ2) is 5.25. The Labute approximate surface area is 84.4 Å². The maximum Gasteiger partial charge on any atom is 0.0804 e. The van der Waals surface area contributed by atoms with Crippen molar-refractivity contribution in [1.82, 2.24) is 0 Å². The molecule has 1 aliphatic carbocycles. The molecule has 3 atom stereocenters. The first-order valence-corrected chi connectivity index (χ1v) is 4.95. The van der Waals surface area contributed by atoms with Crippen molar-refractivity contribution < 1.29 is 5.11 Å². The summed E-state index contributed by atoms with van der Waals surface area (Å²) in [6.07, 6.45) is 11.1. The van der Waals surface area contributed by atoms with Crippen molar-refractivity contribution in [3.8, 4) is 0 Å². The third-order valence-electron chi connectivity index (χ3n) is 2.22. The maximum absolute atomic E-state index is 9.78. The van der Waals surface area contributed by atoms with E-state index in [1.807, 2.05) is 6.08 Å². The number of rotatable bonds is 3. The van der Waals surface area contributed by atoms with Gasteiger partial charge in [-0.25, -0.2) is 0 Å². The first-order chi connectivity index (χ1) is 6.25. The molecular formula is C11H15ClO. The Morgan fingerprint density at radius 1 is 1.46 bits per heavy atom. The Morgan fingerprint density at radius 2 is 2.23 bits per heavy atom. The van der Waals surface area contributed by atoms with Crippen LogP contribution in [0.5, 0.6) is 0 Å². The summed E-state index contributed by atoms with van der Waals surface area (Å²) in [4.78, 5) is 0. The number of hydrogen-bond donors (Lipinski definition) is 1. The van der Waals surface area contributed by atoms with E-state index in [4.69, 9.17) is 11.6 Å². The summed E-state index contributed by atoms with van der Waals surface area (Å²) in [6, 6.07) is 0. The Bertz CT molecular complexity index is 220. The second-order valence-electron chi connectivity index (χ2n) is 3.21. The monoisotopic (exact) mass is 198 g/mol. The van der Waals surface area contributed by atoms with Crippen molar-refractivity contribution in [1.29, 1.82) is 0 Å². The minimum absolute atomic E-state index is 0.124. The van der Waals surface area contributed by atoms with Gasteiger partial charge < -0.3 is 5.11 Å². The smallest absolute Gasteiger partial charge is 0.0804 e. The van der Waals surface area contributed by atoms with E-state index in [1.165, 1.54) is 0 Å². The minimum atomic E-state index is -0.529. The molecule has 0 aromatic rings. The molecule has 3 unspecified atom stereocenters. The minimum Gasteiger partial charge on any atom is -0.391 e. The molecule has 0 aromatic heterocycles. The second-order valence-corrected chi connectivity index (χ2v) is 3.71. The summed E-state index contributed by atoms with van der Waals surface area (Å²) in [5, 5.41) is 9.42. The lowest BCUT2D eigenvalue weighted by Gasteiger charge is -2.20. The lowest BCUT2D eigenvalue weighted by atomic mass is 9.96. The molecule has 0 bridgehead atoms. The zero-order chi connectivity index (χ0) is 9.68. The number of allylic oxidation sites excluding steroid dienone is 3. The molecular weight excluding hydrogens is 184 g/mol. The Morgan fingerprint density at radius 3 is 2.92 bits per heavy atom. The van der Waals surface area contributed by atoms with Gasteiger partial charge in [0.15, 0.2) is 0 Å². The molecule has 0 spiro atoms. The fourth-order valence-corrected chi connectivity index (χ4v) is 1.58. The fourth-order valence-electron chi connectivity index (χ4n) is 1.39. The van der Waals surface area contributed by atoms with Crippen molar-refractivity contribution in [2.24, 2.45) is 5.92 Å². The van der Waals surface area contributed by atoms with Crippen LogP contribution >= 0.6 is 11.6 Å². The van der Waals surface area contributed by atoms with Gasteiger partial charge in [0.1, 0.15) is 0 Å². The zero-order valence-corrected chi connectivity index (χ0v) is 8.32. The van der Waals surface area contributed by atoms with Gasteiger partial charge in [0.05, 0.1) is 11.5 Å². The quantitative estimate of drug-likeness (QED) is 0.546. The van der Waals surface area contributed by atoms with Crippen LogP contribution in [0.15, 0.2) is 37.0 Å². The van der Waals surface area contributed by atoms with Gasteiger partial charge in [-0.1, -0.05) is 30.4 Å². The number of aliphatic hydroxyl groups is 1. The molecule has 0 saturated carbocycles. The Hall–Kier alpha value is -0.530. The van der Waals surface area contributed by atoms with Crippen LogP contribution in [-0.2, 0) is 0 Å². The van der Waals surface area contributed by atoms with Crippen LogP contribution < -0.4 is 0 Å². The molecule has 0 heterocycles. The third-order valence-corrected chi connectivity index (χ3v) is 2.66. The maximum atomic E-state index is 9.78. The molecule has 1 aliphatic rings. The van der Waals surface area contributed by atoms with E-state index in [0.717, 1.165) is 12.8 Å². The van der Waals surface area contributed by atoms with E-state index in [2.05, 4.69) is 24.8 Å². The molecule has 1 nitrogen and oxygen atoms in total. The van der Waals surface area contributed by atoms with Crippen LogP contribution in [-0.4, -0.2) is 16.6 Å². The third kappa shape index (κ3) is 3.02. The molecule has 1 N–H and O–H groups in total. The van der Waals surface area contributed by atoms with Crippen LogP contribution in [0.4, 0.5) is 0 Å². The number of hydrogen-bond acceptors (Lipinski definition) is 1. The van der Waals surface area contributed by atoms with Crippen molar-refractivity contribution in [2.45, 2.75) is 24.3 Å². The van der Waals surface area contributed by atoms with Gasteiger partial charge in [0.25, 0.3) is 0 Å². The average molecular weight is 199 g/mol. The summed E-state index contributed by atoms with van der Waals surface area (Å²) < 4.78 is 0. The highest BCUT2D eigenvalue weighted by Crippen LogP contribution is 2.21. The number of alkyl halides is 1. The van der Waals surface area contributed by atoms with Crippen molar-refractivity contribution in [2.75, 3.05) is 0 Å². The molecule has 0 radical (unpaired) electrons. The van der Waals surface area contributed by atoms with Gasteiger partial charge in [0, 0.05) is 5.92 Å². The SMILES string of the molecule is C=CC(Cl)C(O)C1C=CCC=CC1. The van der Waals surface area contributed by atoms with Gasteiger partial charge in [-0.2, -0.15) is 0 Å². The standard InChI is InChI=1S/C11H15ClO/c1-2-10(12)11(13)9-7-5-3-4-6-8-9/h2-3,5-6,8-11,13H,1,4,7H2. The van der Waals surface area contributed by atoms with E-state index in [9.17, 15) is 5.11 Å². The van der Waals surface area contributed by atoms with Gasteiger partial charge in [0.2, 0.25) is 0 Å². The lowest BCUT2D eigenvalue weighted by molar-refractivity contribution is 0.137. The number of aliphatic hydroxyl groups excluding tert-OH is 1. The summed E-state index contributed by atoms with van der Waals surface area (Å²) in [7, 11) is 0. The van der Waals surface area contributed by atoms with Crippen molar-refractivity contribution >= 4 is 11.6 Å². The summed E-state index contributed by atoms with van der Waals surface area (Å²) in [6.45, 7) is 3.57. The highest BCUT2D eigenvalue weighted by Gasteiger charge is 2.21. The van der Waals surface area contributed by atoms with Crippen LogP contribution in [0.3, 0.4) is 0 Å². The van der Waals surface area contributed by atoms with E-state index < -0.39 is 6.10 Å². The number of halogens is 1. The molecule has 0 amide bonds. The molecule has 0 saturated heterocycles. The average Bonchev–Trinajstić information content (AvgIpc) is 2.43. The van der Waals surface area contributed by atoms with Crippen molar-refractivity contribution in [3.05, 3.63) is 37.0 Å². The first kappa shape index (κ1) is 10.6. The van der Waals surface area contributed by atoms with Gasteiger partial charge in [-0.3, -0.25) is 0 Å². The largest absolute Gasteiger partial charge is 0.391 e.